The Balaban J connectivity index is 1.66. The van der Waals surface area contributed by atoms with E-state index in [1.54, 1.807) is 0 Å². The van der Waals surface area contributed by atoms with Crippen LogP contribution in [-0.4, -0.2) is 35.3 Å². The molecule has 0 atom stereocenters. The highest BCUT2D eigenvalue weighted by Crippen LogP contribution is 2.33. The van der Waals surface area contributed by atoms with E-state index < -0.39 is 8.07 Å². The van der Waals surface area contributed by atoms with Crippen molar-refractivity contribution in [2.75, 3.05) is 32.1 Å². The molecule has 0 N–H and O–H groups in total. The van der Waals surface area contributed by atoms with Crippen LogP contribution in [0.25, 0.3) is 5.57 Å². The minimum absolute atomic E-state index is 1.11. The minimum Gasteiger partial charge on any atom is -0.374 e. The number of anilines is 1. The van der Waals surface area contributed by atoms with E-state index in [2.05, 4.69) is 140 Å². The SMILES string of the molecule is Cc1ccccc1C1=c2cc3c(cc2[Si](c2ccccc2)(c2ccccc2)c2cc4c(cc21)CCCN4C)=[N+](C)CCC3. The van der Waals surface area contributed by atoms with Gasteiger partial charge in [0.2, 0.25) is 5.36 Å². The van der Waals surface area contributed by atoms with Gasteiger partial charge in [-0.05, 0) is 98.2 Å². The van der Waals surface area contributed by atoms with Gasteiger partial charge in [-0.1, -0.05) is 84.9 Å². The zero-order valence-corrected chi connectivity index (χ0v) is 26.5. The number of nitrogens with zero attached hydrogens (tertiary/aromatic N) is 2. The van der Waals surface area contributed by atoms with Crippen molar-refractivity contribution in [2.45, 2.75) is 32.6 Å². The smallest absolute Gasteiger partial charge is 0.202 e. The molecule has 5 aromatic rings. The highest BCUT2D eigenvalue weighted by molar-refractivity contribution is 7.20. The molecule has 43 heavy (non-hydrogen) atoms. The molecule has 0 unspecified atom stereocenters. The lowest BCUT2D eigenvalue weighted by Gasteiger charge is -2.41. The van der Waals surface area contributed by atoms with Crippen LogP contribution in [0, 0.1) is 6.92 Å². The molecule has 0 amide bonds. The van der Waals surface area contributed by atoms with Crippen LogP contribution in [-0.2, 0) is 12.8 Å². The molecule has 3 aliphatic heterocycles. The van der Waals surface area contributed by atoms with Gasteiger partial charge in [0, 0.05) is 37.3 Å². The zero-order valence-electron chi connectivity index (χ0n) is 25.5. The van der Waals surface area contributed by atoms with E-state index in [1.165, 1.54) is 83.2 Å². The van der Waals surface area contributed by atoms with Gasteiger partial charge in [-0.25, -0.2) is 4.58 Å². The van der Waals surface area contributed by atoms with Crippen LogP contribution in [0.5, 0.6) is 0 Å². The van der Waals surface area contributed by atoms with E-state index in [4.69, 9.17) is 0 Å². The first-order valence-corrected chi connectivity index (χ1v) is 17.9. The molecule has 3 heterocycles. The predicted octanol–water partition coefficient (Wildman–Crippen LogP) is 3.38. The second kappa shape index (κ2) is 10.2. The highest BCUT2D eigenvalue weighted by atomic mass is 28.3. The van der Waals surface area contributed by atoms with Crippen LogP contribution in [0.2, 0.25) is 0 Å². The van der Waals surface area contributed by atoms with Gasteiger partial charge in [-0.15, -0.1) is 0 Å². The average molecular weight is 576 g/mol. The van der Waals surface area contributed by atoms with E-state index >= 15 is 0 Å². The molecule has 3 heteroatoms. The Kier molecular flexibility index (Phi) is 6.27. The summed E-state index contributed by atoms with van der Waals surface area (Å²) in [6.07, 6.45) is 4.69. The zero-order chi connectivity index (χ0) is 29.1. The van der Waals surface area contributed by atoms with Crippen molar-refractivity contribution in [1.82, 2.24) is 4.58 Å². The Bertz CT molecular complexity index is 1970. The third kappa shape index (κ3) is 3.94. The minimum atomic E-state index is -2.72. The van der Waals surface area contributed by atoms with E-state index in [0.29, 0.717) is 0 Å². The standard InChI is InChI=1S/C40H39N2Si/c1-28-14-10-11-21-33(28)40-34-24-29-15-12-22-41(2)36(29)26-38(34)43(31-17-6-4-7-18-31,32-19-8-5-9-20-32)39-27-37-30(25-35(39)40)16-13-23-42(37)3/h4-11,14,17-21,24-27H,12-13,15-16,22-23H2,1-3H3/q+1. The normalized spacial score (nSPS) is 16.7. The van der Waals surface area contributed by atoms with Gasteiger partial charge in [-0.3, -0.25) is 0 Å². The van der Waals surface area contributed by atoms with Gasteiger partial charge in [0.15, 0.2) is 8.07 Å². The molecule has 0 radical (unpaired) electrons. The first-order chi connectivity index (χ1) is 21.1. The van der Waals surface area contributed by atoms with Gasteiger partial charge in [-0.2, -0.15) is 0 Å². The van der Waals surface area contributed by atoms with Crippen LogP contribution >= 0.6 is 0 Å². The Morgan fingerprint density at radius 2 is 1.35 bits per heavy atom. The fraction of sp³-hybridized carbons (Fsp3) is 0.225. The third-order valence-electron chi connectivity index (χ3n) is 10.3. The lowest BCUT2D eigenvalue weighted by atomic mass is 9.88. The van der Waals surface area contributed by atoms with Gasteiger partial charge in [0.1, 0.15) is 13.6 Å². The van der Waals surface area contributed by atoms with Crippen molar-refractivity contribution in [2.24, 2.45) is 0 Å². The molecule has 2 nitrogen and oxygen atoms in total. The van der Waals surface area contributed by atoms with Gasteiger partial charge in [0.25, 0.3) is 0 Å². The third-order valence-corrected chi connectivity index (χ3v) is 15.2. The summed E-state index contributed by atoms with van der Waals surface area (Å²) in [5, 5.41) is 8.84. The Morgan fingerprint density at radius 1 is 0.674 bits per heavy atom. The van der Waals surface area contributed by atoms with Gasteiger partial charge in [0.05, 0.1) is 0 Å². The Morgan fingerprint density at radius 3 is 2.07 bits per heavy atom. The van der Waals surface area contributed by atoms with E-state index in [9.17, 15) is 0 Å². The summed E-state index contributed by atoms with van der Waals surface area (Å²) in [4.78, 5) is 2.50. The fourth-order valence-electron chi connectivity index (χ4n) is 8.26. The maximum absolute atomic E-state index is 2.72. The van der Waals surface area contributed by atoms with Crippen molar-refractivity contribution in [3.8, 4) is 0 Å². The summed E-state index contributed by atoms with van der Waals surface area (Å²) >= 11 is 0. The molecule has 3 aliphatic rings. The quantitative estimate of drug-likeness (QED) is 0.232. The molecular formula is C40H39N2Si+. The number of rotatable bonds is 3. The topological polar surface area (TPSA) is 6.25 Å². The number of hydrogen-bond donors (Lipinski definition) is 0. The monoisotopic (exact) mass is 575 g/mol. The fourth-order valence-corrected chi connectivity index (χ4v) is 13.4. The van der Waals surface area contributed by atoms with E-state index in [-0.39, 0.29) is 0 Å². The molecule has 8 rings (SSSR count). The summed E-state index contributed by atoms with van der Waals surface area (Å²) in [6, 6.07) is 42.5. The van der Waals surface area contributed by atoms with Gasteiger partial charge < -0.3 is 4.90 Å². The van der Waals surface area contributed by atoms with Crippen molar-refractivity contribution in [3.63, 3.8) is 0 Å². The molecule has 0 spiro atoms. The summed E-state index contributed by atoms with van der Waals surface area (Å²) in [5.41, 5.74) is 9.96. The highest BCUT2D eigenvalue weighted by Gasteiger charge is 2.48. The van der Waals surface area contributed by atoms with Crippen molar-refractivity contribution >= 4 is 40.1 Å². The van der Waals surface area contributed by atoms with Crippen molar-refractivity contribution in [3.05, 3.63) is 148 Å². The Labute approximate surface area is 256 Å². The number of fused-ring (bicyclic) bond motifs is 4. The van der Waals surface area contributed by atoms with Crippen molar-refractivity contribution in [1.29, 1.82) is 0 Å². The molecule has 5 aromatic carbocycles. The van der Waals surface area contributed by atoms with Crippen LogP contribution in [0.15, 0.2) is 109 Å². The second-order valence-electron chi connectivity index (χ2n) is 12.8. The summed E-state index contributed by atoms with van der Waals surface area (Å²) in [7, 11) is 1.85. The van der Waals surface area contributed by atoms with Crippen LogP contribution in [0.1, 0.15) is 40.7 Å². The first kappa shape index (κ1) is 26.4. The molecule has 0 aromatic heterocycles. The lowest BCUT2D eigenvalue weighted by Crippen LogP contribution is -2.80. The summed E-state index contributed by atoms with van der Waals surface area (Å²) < 4.78 is 2.50. The molecule has 0 fully saturated rings. The van der Waals surface area contributed by atoms with Crippen LogP contribution < -0.4 is 40.8 Å². The molecule has 0 saturated heterocycles. The van der Waals surface area contributed by atoms with Crippen LogP contribution in [0.3, 0.4) is 0 Å². The van der Waals surface area contributed by atoms with Crippen LogP contribution in [0.4, 0.5) is 5.69 Å². The lowest BCUT2D eigenvalue weighted by molar-refractivity contribution is 0.588. The Hall–Kier alpha value is -4.21. The number of hydrogen-bond acceptors (Lipinski definition) is 1. The molecule has 0 saturated carbocycles. The summed E-state index contributed by atoms with van der Waals surface area (Å²) in [5.74, 6) is 0. The predicted molar refractivity (Wildman–Crippen MR) is 184 cm³/mol. The molecule has 212 valence electrons. The van der Waals surface area contributed by atoms with E-state index in [1.807, 2.05) is 0 Å². The maximum atomic E-state index is 2.63. The van der Waals surface area contributed by atoms with E-state index in [0.717, 1.165) is 25.9 Å². The average Bonchev–Trinajstić information content (AvgIpc) is 3.04. The summed E-state index contributed by atoms with van der Waals surface area (Å²) in [6.45, 7) is 4.51. The number of aryl methyl sites for hydroxylation is 3. The maximum Gasteiger partial charge on any atom is 0.202 e. The molecular weight excluding hydrogens is 537 g/mol. The second-order valence-corrected chi connectivity index (χ2v) is 16.5. The van der Waals surface area contributed by atoms with Gasteiger partial charge >= 0.3 is 0 Å². The number of benzene rings is 5. The first-order valence-electron chi connectivity index (χ1n) is 15.9. The van der Waals surface area contributed by atoms with Crippen molar-refractivity contribution < 1.29 is 0 Å². The largest absolute Gasteiger partial charge is 0.374 e. The molecule has 0 aliphatic carbocycles. The molecule has 0 bridgehead atoms.